The summed E-state index contributed by atoms with van der Waals surface area (Å²) in [5, 5.41) is 29.3. The number of nitrogens with one attached hydrogen (secondary N) is 2. The Morgan fingerprint density at radius 3 is 2.58 bits per heavy atom. The molecule has 7 aliphatic heterocycles. The number of phenols is 2. The number of rotatable bonds is 3. The summed E-state index contributed by atoms with van der Waals surface area (Å²) < 4.78 is 29.8. The predicted octanol–water partition coefficient (Wildman–Crippen LogP) is 3.67. The highest BCUT2D eigenvalue weighted by Crippen LogP contribution is 2.63. The number of ether oxygens (including phenoxy) is 5. The number of thioether (sulfide) groups is 1. The van der Waals surface area contributed by atoms with E-state index in [1.807, 2.05) is 13.8 Å². The minimum Gasteiger partial charge on any atom is -0.504 e. The molecule has 53 heavy (non-hydrogen) atoms. The van der Waals surface area contributed by atoms with Gasteiger partial charge in [0, 0.05) is 66.6 Å². The summed E-state index contributed by atoms with van der Waals surface area (Å²) in [5.74, 6) is 2.16. The second kappa shape index (κ2) is 12.3. The average Bonchev–Trinajstić information content (AvgIpc) is 3.61. The SMILES string of the molecule is COc1cc2c(cc1O)CCN[C@]21CS[C@@H]2c3c(OC(C)=O)c(C)c4c(c3[C@H](CNC1=O)N1CC3Cc5cc(C)c(OC)c(O)c5C(C21)N3C)OCO4. The molecule has 0 aromatic heterocycles. The first kappa shape index (κ1) is 34.4. The van der Waals surface area contributed by atoms with Crippen LogP contribution in [0.1, 0.15) is 68.8 Å². The number of aromatic hydroxyl groups is 2. The topological polar surface area (TPSA) is 151 Å². The van der Waals surface area contributed by atoms with Gasteiger partial charge in [-0.15, -0.1) is 11.8 Å². The number of phenolic OH excluding ortho intramolecular Hbond substituents is 2. The summed E-state index contributed by atoms with van der Waals surface area (Å²) >= 11 is 1.62. The van der Waals surface area contributed by atoms with Crippen LogP contribution in [0.3, 0.4) is 0 Å². The van der Waals surface area contributed by atoms with Crippen LogP contribution in [-0.4, -0.2) is 97.4 Å². The van der Waals surface area contributed by atoms with Crippen molar-refractivity contribution in [3.05, 3.63) is 62.7 Å². The molecule has 4 bridgehead atoms. The van der Waals surface area contributed by atoms with Crippen LogP contribution in [0.4, 0.5) is 0 Å². The highest BCUT2D eigenvalue weighted by molar-refractivity contribution is 7.99. The van der Waals surface area contributed by atoms with Crippen molar-refractivity contribution >= 4 is 23.6 Å². The smallest absolute Gasteiger partial charge is 0.308 e. The number of likely N-dealkylation sites (N-methyl/N-ethyl adjacent to an activating group) is 1. The van der Waals surface area contributed by atoms with Crippen molar-refractivity contribution < 1.29 is 43.5 Å². The van der Waals surface area contributed by atoms with Gasteiger partial charge in [-0.25, -0.2) is 0 Å². The number of carbonyl (C=O) groups excluding carboxylic acids is 2. The Bertz CT molecular complexity index is 2090. The zero-order chi connectivity index (χ0) is 37.1. The second-order valence-corrected chi connectivity index (χ2v) is 16.1. The van der Waals surface area contributed by atoms with Gasteiger partial charge in [-0.3, -0.25) is 24.7 Å². The van der Waals surface area contributed by atoms with E-state index in [9.17, 15) is 19.8 Å². The molecule has 10 rings (SSSR count). The van der Waals surface area contributed by atoms with E-state index in [0.717, 1.165) is 45.4 Å². The van der Waals surface area contributed by atoms with Gasteiger partial charge in [-0.05, 0) is 68.1 Å². The third-order valence-electron chi connectivity index (χ3n) is 12.3. The molecule has 0 saturated carbocycles. The van der Waals surface area contributed by atoms with Crippen molar-refractivity contribution in [2.24, 2.45) is 0 Å². The van der Waals surface area contributed by atoms with Crippen molar-refractivity contribution in [1.82, 2.24) is 20.4 Å². The third kappa shape index (κ3) is 4.81. The van der Waals surface area contributed by atoms with Crippen LogP contribution in [0, 0.1) is 13.8 Å². The lowest BCUT2D eigenvalue weighted by Crippen LogP contribution is -2.67. The fraction of sp³-hybridized carbons (Fsp3) is 0.487. The van der Waals surface area contributed by atoms with Gasteiger partial charge in [0.2, 0.25) is 12.7 Å². The average molecular weight is 745 g/mol. The fourth-order valence-corrected chi connectivity index (χ4v) is 11.8. The minimum atomic E-state index is -1.18. The molecule has 1 amide bonds. The van der Waals surface area contributed by atoms with Crippen molar-refractivity contribution in [3.63, 3.8) is 0 Å². The van der Waals surface area contributed by atoms with Gasteiger partial charge in [-0.2, -0.15) is 0 Å². The molecular weight excluding hydrogens is 701 g/mol. The Labute approximate surface area is 311 Å². The molecule has 3 aromatic rings. The number of nitrogens with zero attached hydrogens (tertiary/aromatic N) is 2. The summed E-state index contributed by atoms with van der Waals surface area (Å²) in [5.41, 5.74) is 5.60. The van der Waals surface area contributed by atoms with Crippen molar-refractivity contribution in [1.29, 1.82) is 0 Å². The summed E-state index contributed by atoms with van der Waals surface area (Å²) in [4.78, 5) is 32.5. The quantitative estimate of drug-likeness (QED) is 0.228. The van der Waals surface area contributed by atoms with E-state index in [-0.39, 0.29) is 54.1 Å². The monoisotopic (exact) mass is 744 g/mol. The van der Waals surface area contributed by atoms with Crippen LogP contribution < -0.4 is 34.3 Å². The number of hydrogen-bond donors (Lipinski definition) is 4. The molecule has 14 heteroatoms. The number of carbonyl (C=O) groups is 2. The number of esters is 1. The number of hydrogen-bond acceptors (Lipinski definition) is 13. The molecule has 280 valence electrons. The first-order valence-electron chi connectivity index (χ1n) is 18.1. The molecule has 0 radical (unpaired) electrons. The Morgan fingerprint density at radius 1 is 1.04 bits per heavy atom. The van der Waals surface area contributed by atoms with Crippen molar-refractivity contribution in [2.45, 2.75) is 68.6 Å². The number of piperazine rings is 1. The van der Waals surface area contributed by atoms with Gasteiger partial charge in [0.25, 0.3) is 0 Å². The first-order chi connectivity index (χ1) is 25.5. The number of amides is 1. The molecule has 3 aromatic carbocycles. The Balaban J connectivity index is 1.30. The van der Waals surface area contributed by atoms with Gasteiger partial charge in [0.15, 0.2) is 34.5 Å². The number of fused-ring (bicyclic) bond motifs is 9. The molecule has 7 heterocycles. The van der Waals surface area contributed by atoms with E-state index in [1.54, 1.807) is 31.0 Å². The van der Waals surface area contributed by atoms with Crippen molar-refractivity contribution in [2.75, 3.05) is 53.4 Å². The van der Waals surface area contributed by atoms with Gasteiger partial charge in [0.1, 0.15) is 11.3 Å². The van der Waals surface area contributed by atoms with E-state index in [1.165, 1.54) is 14.0 Å². The Morgan fingerprint density at radius 2 is 1.83 bits per heavy atom. The van der Waals surface area contributed by atoms with Crippen molar-refractivity contribution in [3.8, 4) is 40.2 Å². The van der Waals surface area contributed by atoms with Crippen LogP contribution in [0.25, 0.3) is 0 Å². The van der Waals surface area contributed by atoms with E-state index in [4.69, 9.17) is 23.7 Å². The van der Waals surface area contributed by atoms with E-state index < -0.39 is 17.6 Å². The Hall–Kier alpha value is -4.37. The van der Waals surface area contributed by atoms with Crippen LogP contribution >= 0.6 is 11.8 Å². The van der Waals surface area contributed by atoms with E-state index >= 15 is 0 Å². The summed E-state index contributed by atoms with van der Waals surface area (Å²) in [6, 6.07) is 4.79. The maximum Gasteiger partial charge on any atom is 0.308 e. The lowest BCUT2D eigenvalue weighted by Gasteiger charge is -2.60. The molecule has 1 spiro atoms. The maximum absolute atomic E-state index is 14.8. The maximum atomic E-state index is 14.8. The minimum absolute atomic E-state index is 0.0265. The fourth-order valence-electron chi connectivity index (χ4n) is 10.0. The number of benzene rings is 3. The highest BCUT2D eigenvalue weighted by Gasteiger charge is 2.58. The van der Waals surface area contributed by atoms with Crippen LogP contribution in [-0.2, 0) is 28.0 Å². The molecular formula is C39H44N4O9S. The van der Waals surface area contributed by atoms with Gasteiger partial charge in [0.05, 0.1) is 31.6 Å². The summed E-state index contributed by atoms with van der Waals surface area (Å²) in [6.45, 7) is 6.72. The normalized spacial score (nSPS) is 28.3. The number of aryl methyl sites for hydroxylation is 1. The molecule has 0 aliphatic carbocycles. The second-order valence-electron chi connectivity index (χ2n) is 15.0. The van der Waals surface area contributed by atoms with E-state index in [2.05, 4.69) is 33.5 Å². The molecule has 7 aliphatic rings. The molecule has 13 nitrogen and oxygen atoms in total. The molecule has 2 saturated heterocycles. The summed E-state index contributed by atoms with van der Waals surface area (Å²) in [6.07, 6.45) is 1.36. The first-order valence-corrected chi connectivity index (χ1v) is 19.1. The molecule has 4 N–H and O–H groups in total. The van der Waals surface area contributed by atoms with E-state index in [0.29, 0.717) is 59.6 Å². The Kier molecular flexibility index (Phi) is 8.01. The molecule has 2 fully saturated rings. The van der Waals surface area contributed by atoms with Crippen LogP contribution in [0.5, 0.6) is 40.2 Å². The third-order valence-corrected chi connectivity index (χ3v) is 13.8. The zero-order valence-corrected chi connectivity index (χ0v) is 31.4. The molecule has 3 unspecified atom stereocenters. The highest BCUT2D eigenvalue weighted by atomic mass is 32.2. The lowest BCUT2D eigenvalue weighted by molar-refractivity contribution is -0.132. The number of methoxy groups -OCH3 is 2. The van der Waals surface area contributed by atoms with Gasteiger partial charge in [-0.1, -0.05) is 6.07 Å². The zero-order valence-electron chi connectivity index (χ0n) is 30.6. The predicted molar refractivity (Wildman–Crippen MR) is 195 cm³/mol. The summed E-state index contributed by atoms with van der Waals surface area (Å²) in [7, 11) is 5.20. The van der Waals surface area contributed by atoms with Gasteiger partial charge >= 0.3 is 5.97 Å². The largest absolute Gasteiger partial charge is 0.504 e. The van der Waals surface area contributed by atoms with Crippen LogP contribution in [0.2, 0.25) is 0 Å². The van der Waals surface area contributed by atoms with Gasteiger partial charge < -0.3 is 39.2 Å². The lowest BCUT2D eigenvalue weighted by atomic mass is 9.73. The molecule has 6 atom stereocenters. The standard InChI is InChI=1S/C39H44N4O9S/c1-17-9-21-10-22-14-43-24-13-40-38(47)39(23-12-26(48-5)25(45)11-20(23)7-8-41-39)15-53-37(31(43)30(42(22)4)27(21)32(46)33(17)49-6)29-28(24)36-35(50-16-51-36)18(2)34(29)52-19(3)44/h9,11-12,22,24,30-31,37,41,45-46H,7-8,10,13-16H2,1-6H3,(H,40,47)/t22?,24-,30?,31?,37+,39+/m0/s1. The van der Waals surface area contributed by atoms with Crippen LogP contribution in [0.15, 0.2) is 18.2 Å².